The molecular formula is C12H20N2O3S2. The summed E-state index contributed by atoms with van der Waals surface area (Å²) in [6.45, 7) is 1.40. The maximum atomic E-state index is 12.4. The van der Waals surface area contributed by atoms with Crippen molar-refractivity contribution in [2.24, 2.45) is 0 Å². The summed E-state index contributed by atoms with van der Waals surface area (Å²) in [7, 11) is -0.249. The lowest BCUT2D eigenvalue weighted by atomic mass is 10.4. The molecule has 0 aromatic carbocycles. The van der Waals surface area contributed by atoms with E-state index in [1.165, 1.54) is 28.5 Å². The number of ether oxygens (including phenoxy) is 1. The first-order chi connectivity index (χ1) is 9.05. The molecule has 1 fully saturated rings. The lowest BCUT2D eigenvalue weighted by molar-refractivity contribution is 0.185. The van der Waals surface area contributed by atoms with E-state index in [1.54, 1.807) is 20.2 Å². The smallest absolute Gasteiger partial charge is 0.244 e. The Bertz CT molecular complexity index is 509. The Morgan fingerprint density at radius 1 is 1.53 bits per heavy atom. The summed E-state index contributed by atoms with van der Waals surface area (Å²) in [5.41, 5.74) is 0. The van der Waals surface area contributed by atoms with E-state index < -0.39 is 10.0 Å². The molecule has 1 aliphatic rings. The zero-order valence-electron chi connectivity index (χ0n) is 11.3. The van der Waals surface area contributed by atoms with E-state index in [4.69, 9.17) is 4.74 Å². The third kappa shape index (κ3) is 3.76. The highest BCUT2D eigenvalue weighted by Gasteiger charge is 2.26. The second kappa shape index (κ2) is 6.32. The Labute approximate surface area is 118 Å². The van der Waals surface area contributed by atoms with Gasteiger partial charge in [-0.3, -0.25) is 0 Å². The lowest BCUT2D eigenvalue weighted by Crippen LogP contribution is -2.30. The molecule has 19 heavy (non-hydrogen) atoms. The summed E-state index contributed by atoms with van der Waals surface area (Å²) in [5.74, 6) is 0. The maximum absolute atomic E-state index is 12.4. The molecule has 0 aliphatic heterocycles. The molecule has 1 aromatic heterocycles. The fourth-order valence-corrected chi connectivity index (χ4v) is 4.24. The van der Waals surface area contributed by atoms with E-state index in [0.29, 0.717) is 30.6 Å². The van der Waals surface area contributed by atoms with Crippen LogP contribution in [0.15, 0.2) is 16.3 Å². The molecule has 0 atom stereocenters. The summed E-state index contributed by atoms with van der Waals surface area (Å²) in [4.78, 5) is 1.31. The molecule has 0 amide bonds. The first-order valence-corrected chi connectivity index (χ1v) is 8.62. The highest BCUT2D eigenvalue weighted by atomic mass is 32.2. The minimum Gasteiger partial charge on any atom is -0.383 e. The van der Waals surface area contributed by atoms with Crippen molar-refractivity contribution in [1.29, 1.82) is 0 Å². The number of hydrogen-bond acceptors (Lipinski definition) is 5. The van der Waals surface area contributed by atoms with Crippen molar-refractivity contribution in [2.75, 3.05) is 27.3 Å². The molecule has 1 aromatic rings. The van der Waals surface area contributed by atoms with Crippen LogP contribution in [0, 0.1) is 0 Å². The van der Waals surface area contributed by atoms with Gasteiger partial charge in [-0.2, -0.15) is 4.31 Å². The Hall–Kier alpha value is -0.470. The van der Waals surface area contributed by atoms with Crippen LogP contribution in [-0.4, -0.2) is 46.1 Å². The van der Waals surface area contributed by atoms with Crippen LogP contribution < -0.4 is 5.32 Å². The number of nitrogens with one attached hydrogen (secondary N) is 1. The van der Waals surface area contributed by atoms with Gasteiger partial charge in [0.1, 0.15) is 0 Å². The standard InChI is InChI=1S/C12H20N2O3S2/c1-14(6-7-17-2)19(15,16)12-5-8-18-11(12)9-13-10-3-4-10/h5,8,10,13H,3-4,6-7,9H2,1-2H3. The molecule has 0 bridgehead atoms. The van der Waals surface area contributed by atoms with E-state index in [-0.39, 0.29) is 0 Å². The number of rotatable bonds is 8. The second-order valence-electron chi connectivity index (χ2n) is 4.68. The highest BCUT2D eigenvalue weighted by Crippen LogP contribution is 2.26. The molecular weight excluding hydrogens is 284 g/mol. The van der Waals surface area contributed by atoms with Crippen LogP contribution in [-0.2, 0) is 21.3 Å². The van der Waals surface area contributed by atoms with E-state index in [0.717, 1.165) is 4.88 Å². The fourth-order valence-electron chi connectivity index (χ4n) is 1.72. The largest absolute Gasteiger partial charge is 0.383 e. The molecule has 5 nitrogen and oxygen atoms in total. The molecule has 0 unspecified atom stereocenters. The van der Waals surface area contributed by atoms with Crippen molar-refractivity contribution in [3.63, 3.8) is 0 Å². The predicted octanol–water partition coefficient (Wildman–Crippen LogP) is 1.27. The van der Waals surface area contributed by atoms with Crippen molar-refractivity contribution in [1.82, 2.24) is 9.62 Å². The Morgan fingerprint density at radius 2 is 2.26 bits per heavy atom. The Morgan fingerprint density at radius 3 is 2.89 bits per heavy atom. The van der Waals surface area contributed by atoms with Gasteiger partial charge in [0.05, 0.1) is 11.5 Å². The van der Waals surface area contributed by atoms with Crippen LogP contribution in [0.25, 0.3) is 0 Å². The molecule has 1 heterocycles. The van der Waals surface area contributed by atoms with Gasteiger partial charge in [-0.15, -0.1) is 11.3 Å². The molecule has 2 rings (SSSR count). The van der Waals surface area contributed by atoms with E-state index in [1.807, 2.05) is 5.38 Å². The summed E-state index contributed by atoms with van der Waals surface area (Å²) in [6, 6.07) is 2.26. The van der Waals surface area contributed by atoms with Crippen molar-refractivity contribution < 1.29 is 13.2 Å². The first-order valence-electron chi connectivity index (χ1n) is 6.30. The normalized spacial score (nSPS) is 16.2. The van der Waals surface area contributed by atoms with Crippen molar-refractivity contribution >= 4 is 21.4 Å². The molecule has 108 valence electrons. The SMILES string of the molecule is COCCN(C)S(=O)(=O)c1ccsc1CNC1CC1. The summed E-state index contributed by atoms with van der Waals surface area (Å²) in [5, 5.41) is 5.19. The van der Waals surface area contributed by atoms with Gasteiger partial charge in [-0.1, -0.05) is 0 Å². The number of hydrogen-bond donors (Lipinski definition) is 1. The van der Waals surface area contributed by atoms with Gasteiger partial charge in [0.2, 0.25) is 10.0 Å². The van der Waals surface area contributed by atoms with E-state index in [2.05, 4.69) is 5.32 Å². The van der Waals surface area contributed by atoms with Crippen LogP contribution in [0.5, 0.6) is 0 Å². The predicted molar refractivity (Wildman–Crippen MR) is 75.9 cm³/mol. The molecule has 7 heteroatoms. The molecule has 0 spiro atoms. The molecule has 1 aliphatic carbocycles. The Kier molecular flexibility index (Phi) is 4.97. The minimum atomic E-state index is -3.40. The van der Waals surface area contributed by atoms with Crippen LogP contribution >= 0.6 is 11.3 Å². The fraction of sp³-hybridized carbons (Fsp3) is 0.667. The van der Waals surface area contributed by atoms with Crippen LogP contribution in [0.4, 0.5) is 0 Å². The summed E-state index contributed by atoms with van der Waals surface area (Å²) < 4.78 is 31.1. The quantitative estimate of drug-likeness (QED) is 0.786. The zero-order chi connectivity index (χ0) is 13.9. The van der Waals surface area contributed by atoms with Gasteiger partial charge in [0.25, 0.3) is 0 Å². The average molecular weight is 304 g/mol. The number of nitrogens with zero attached hydrogens (tertiary/aromatic N) is 1. The van der Waals surface area contributed by atoms with E-state index in [9.17, 15) is 8.42 Å². The topological polar surface area (TPSA) is 58.6 Å². The number of likely N-dealkylation sites (N-methyl/N-ethyl adjacent to an activating group) is 1. The third-order valence-electron chi connectivity index (χ3n) is 3.13. The monoisotopic (exact) mass is 304 g/mol. The molecule has 1 saturated carbocycles. The van der Waals surface area contributed by atoms with Crippen molar-refractivity contribution in [2.45, 2.75) is 30.3 Å². The third-order valence-corrected chi connectivity index (χ3v) is 6.12. The lowest BCUT2D eigenvalue weighted by Gasteiger charge is -2.17. The minimum absolute atomic E-state index is 0.365. The van der Waals surface area contributed by atoms with Gasteiger partial charge >= 0.3 is 0 Å². The maximum Gasteiger partial charge on any atom is 0.244 e. The van der Waals surface area contributed by atoms with Gasteiger partial charge in [0.15, 0.2) is 0 Å². The summed E-state index contributed by atoms with van der Waals surface area (Å²) in [6.07, 6.45) is 2.39. The van der Waals surface area contributed by atoms with Crippen molar-refractivity contribution in [3.8, 4) is 0 Å². The van der Waals surface area contributed by atoms with E-state index >= 15 is 0 Å². The summed E-state index contributed by atoms with van der Waals surface area (Å²) >= 11 is 1.49. The van der Waals surface area contributed by atoms with Crippen LogP contribution in [0.2, 0.25) is 0 Å². The van der Waals surface area contributed by atoms with Gasteiger partial charge in [-0.25, -0.2) is 8.42 Å². The second-order valence-corrected chi connectivity index (χ2v) is 7.70. The Balaban J connectivity index is 2.08. The number of sulfonamides is 1. The van der Waals surface area contributed by atoms with Gasteiger partial charge in [-0.05, 0) is 24.3 Å². The van der Waals surface area contributed by atoms with Gasteiger partial charge in [0, 0.05) is 38.2 Å². The zero-order valence-corrected chi connectivity index (χ0v) is 12.9. The highest BCUT2D eigenvalue weighted by molar-refractivity contribution is 7.89. The average Bonchev–Trinajstić information content (AvgIpc) is 3.09. The van der Waals surface area contributed by atoms with Crippen LogP contribution in [0.3, 0.4) is 0 Å². The van der Waals surface area contributed by atoms with Gasteiger partial charge < -0.3 is 10.1 Å². The first kappa shape index (κ1) is 14.9. The number of methoxy groups -OCH3 is 1. The molecule has 1 N–H and O–H groups in total. The van der Waals surface area contributed by atoms with Crippen molar-refractivity contribution in [3.05, 3.63) is 16.3 Å². The molecule has 0 saturated heterocycles. The molecule has 0 radical (unpaired) electrons. The number of thiophene rings is 1. The van der Waals surface area contributed by atoms with Crippen LogP contribution in [0.1, 0.15) is 17.7 Å².